The van der Waals surface area contributed by atoms with Gasteiger partial charge in [0.05, 0.1) is 30.5 Å². The third-order valence-corrected chi connectivity index (χ3v) is 3.26. The van der Waals surface area contributed by atoms with E-state index in [0.717, 1.165) is 32.7 Å². The van der Waals surface area contributed by atoms with Gasteiger partial charge < -0.3 is 14.8 Å². The maximum atomic E-state index is 13.6. The van der Waals surface area contributed by atoms with Crippen LogP contribution in [0.15, 0.2) is 18.2 Å². The van der Waals surface area contributed by atoms with E-state index in [2.05, 4.69) is 5.32 Å². The lowest BCUT2D eigenvalue weighted by Crippen LogP contribution is -2.12. The molecule has 0 spiro atoms. The standard InChI is InChI=1S/C15H19FN2O2/c16-14-8-12(9-17)2-3-15(14)18-5-1-6-19-10-13-4-7-20-11-13/h2-3,8,13,18H,1,4-7,10-11H2/t13-/m1/s1. The van der Waals surface area contributed by atoms with Crippen LogP contribution in [0.4, 0.5) is 10.1 Å². The molecule has 0 aromatic heterocycles. The minimum atomic E-state index is -0.395. The molecule has 0 amide bonds. The van der Waals surface area contributed by atoms with Crippen molar-refractivity contribution in [2.24, 2.45) is 5.92 Å². The first-order chi connectivity index (χ1) is 9.79. The molecule has 1 heterocycles. The van der Waals surface area contributed by atoms with E-state index in [1.54, 1.807) is 12.1 Å². The second-order valence-corrected chi connectivity index (χ2v) is 4.89. The van der Waals surface area contributed by atoms with Crippen LogP contribution in [0.3, 0.4) is 0 Å². The molecule has 1 N–H and O–H groups in total. The number of hydrogen-bond donors (Lipinski definition) is 1. The Morgan fingerprint density at radius 2 is 2.40 bits per heavy atom. The van der Waals surface area contributed by atoms with Crippen molar-refractivity contribution in [3.8, 4) is 6.07 Å². The van der Waals surface area contributed by atoms with E-state index in [0.29, 0.717) is 30.3 Å². The normalized spacial score (nSPS) is 17.9. The number of benzene rings is 1. The summed E-state index contributed by atoms with van der Waals surface area (Å²) >= 11 is 0. The first-order valence-electron chi connectivity index (χ1n) is 6.88. The molecule has 1 aliphatic heterocycles. The SMILES string of the molecule is N#Cc1ccc(NCCCOC[C@H]2CCOC2)c(F)c1. The third-order valence-electron chi connectivity index (χ3n) is 3.26. The monoisotopic (exact) mass is 278 g/mol. The number of rotatable bonds is 7. The molecule has 0 aliphatic carbocycles. The summed E-state index contributed by atoms with van der Waals surface area (Å²) in [6.45, 7) is 3.68. The van der Waals surface area contributed by atoms with Gasteiger partial charge in [0.1, 0.15) is 5.82 Å². The van der Waals surface area contributed by atoms with Gasteiger partial charge in [-0.15, -0.1) is 0 Å². The van der Waals surface area contributed by atoms with Crippen LogP contribution in [0.2, 0.25) is 0 Å². The van der Waals surface area contributed by atoms with Crippen molar-refractivity contribution >= 4 is 5.69 Å². The summed E-state index contributed by atoms with van der Waals surface area (Å²) < 4.78 is 24.4. The fraction of sp³-hybridized carbons (Fsp3) is 0.533. The zero-order valence-electron chi connectivity index (χ0n) is 11.4. The zero-order valence-corrected chi connectivity index (χ0v) is 11.4. The second kappa shape index (κ2) is 7.83. The van der Waals surface area contributed by atoms with E-state index in [9.17, 15) is 4.39 Å². The predicted molar refractivity (Wildman–Crippen MR) is 74.0 cm³/mol. The van der Waals surface area contributed by atoms with Crippen molar-refractivity contribution in [3.63, 3.8) is 0 Å². The van der Waals surface area contributed by atoms with Crippen molar-refractivity contribution in [1.29, 1.82) is 5.26 Å². The van der Waals surface area contributed by atoms with E-state index >= 15 is 0 Å². The zero-order chi connectivity index (χ0) is 14.2. The van der Waals surface area contributed by atoms with Crippen LogP contribution in [0.1, 0.15) is 18.4 Å². The first kappa shape index (κ1) is 14.8. The van der Waals surface area contributed by atoms with Crippen LogP contribution in [-0.4, -0.2) is 33.0 Å². The van der Waals surface area contributed by atoms with Crippen molar-refractivity contribution in [3.05, 3.63) is 29.6 Å². The number of nitrogens with zero attached hydrogens (tertiary/aromatic N) is 1. The van der Waals surface area contributed by atoms with Crippen LogP contribution in [0, 0.1) is 23.1 Å². The molecule has 5 heteroatoms. The summed E-state index contributed by atoms with van der Waals surface area (Å²) in [7, 11) is 0. The average molecular weight is 278 g/mol. The van der Waals surface area contributed by atoms with Gasteiger partial charge in [0.15, 0.2) is 0 Å². The Hall–Kier alpha value is -1.64. The molecular formula is C15H19FN2O2. The molecule has 20 heavy (non-hydrogen) atoms. The van der Waals surface area contributed by atoms with Gasteiger partial charge in [-0.3, -0.25) is 0 Å². The van der Waals surface area contributed by atoms with Gasteiger partial charge in [0.2, 0.25) is 0 Å². The maximum absolute atomic E-state index is 13.6. The third kappa shape index (κ3) is 4.48. The highest BCUT2D eigenvalue weighted by atomic mass is 19.1. The minimum absolute atomic E-state index is 0.329. The predicted octanol–water partition coefficient (Wildman–Crippen LogP) is 2.55. The molecule has 1 fully saturated rings. The Morgan fingerprint density at radius 3 is 3.10 bits per heavy atom. The minimum Gasteiger partial charge on any atom is -0.383 e. The number of halogens is 1. The molecule has 0 radical (unpaired) electrons. The summed E-state index contributed by atoms with van der Waals surface area (Å²) in [5.74, 6) is 0.131. The van der Waals surface area contributed by atoms with Crippen molar-refractivity contribution in [2.75, 3.05) is 38.3 Å². The van der Waals surface area contributed by atoms with Crippen molar-refractivity contribution in [2.45, 2.75) is 12.8 Å². The summed E-state index contributed by atoms with van der Waals surface area (Å²) in [5.41, 5.74) is 0.753. The lowest BCUT2D eigenvalue weighted by molar-refractivity contribution is 0.0897. The quantitative estimate of drug-likeness (QED) is 0.779. The molecule has 1 saturated heterocycles. The molecule has 0 saturated carbocycles. The summed E-state index contributed by atoms with van der Waals surface area (Å²) in [6.07, 6.45) is 1.89. The van der Waals surface area contributed by atoms with Gasteiger partial charge in [0.25, 0.3) is 0 Å². The van der Waals surface area contributed by atoms with E-state index in [4.69, 9.17) is 14.7 Å². The van der Waals surface area contributed by atoms with Gasteiger partial charge in [-0.05, 0) is 31.0 Å². The number of anilines is 1. The average Bonchev–Trinajstić information content (AvgIpc) is 2.97. The largest absolute Gasteiger partial charge is 0.383 e. The van der Waals surface area contributed by atoms with E-state index < -0.39 is 5.82 Å². The topological polar surface area (TPSA) is 54.3 Å². The highest BCUT2D eigenvalue weighted by molar-refractivity contribution is 5.48. The Balaban J connectivity index is 1.60. The van der Waals surface area contributed by atoms with Gasteiger partial charge in [-0.1, -0.05) is 0 Å². The highest BCUT2D eigenvalue weighted by Gasteiger charge is 2.15. The summed E-state index contributed by atoms with van der Waals surface area (Å²) in [5, 5.41) is 11.7. The fourth-order valence-corrected chi connectivity index (χ4v) is 2.09. The van der Waals surface area contributed by atoms with Crippen LogP contribution >= 0.6 is 0 Å². The molecular weight excluding hydrogens is 259 g/mol. The Labute approximate surface area is 118 Å². The highest BCUT2D eigenvalue weighted by Crippen LogP contribution is 2.15. The smallest absolute Gasteiger partial charge is 0.147 e. The summed E-state index contributed by atoms with van der Waals surface area (Å²) in [4.78, 5) is 0. The van der Waals surface area contributed by atoms with Crippen LogP contribution < -0.4 is 5.32 Å². The Morgan fingerprint density at radius 1 is 1.50 bits per heavy atom. The van der Waals surface area contributed by atoms with Gasteiger partial charge in [-0.2, -0.15) is 5.26 Å². The molecule has 4 nitrogen and oxygen atoms in total. The molecule has 0 unspecified atom stereocenters. The van der Waals surface area contributed by atoms with Crippen LogP contribution in [0.25, 0.3) is 0 Å². The number of ether oxygens (including phenoxy) is 2. The summed E-state index contributed by atoms with van der Waals surface area (Å²) in [6, 6.07) is 6.33. The Kier molecular flexibility index (Phi) is 5.78. The van der Waals surface area contributed by atoms with Crippen LogP contribution in [0.5, 0.6) is 0 Å². The molecule has 1 aromatic rings. The molecule has 1 aliphatic rings. The van der Waals surface area contributed by atoms with Crippen molar-refractivity contribution in [1.82, 2.24) is 0 Å². The van der Waals surface area contributed by atoms with Crippen molar-refractivity contribution < 1.29 is 13.9 Å². The maximum Gasteiger partial charge on any atom is 0.147 e. The van der Waals surface area contributed by atoms with E-state index in [-0.39, 0.29) is 0 Å². The van der Waals surface area contributed by atoms with E-state index in [1.807, 2.05) is 6.07 Å². The first-order valence-corrected chi connectivity index (χ1v) is 6.88. The molecule has 108 valence electrons. The van der Waals surface area contributed by atoms with Gasteiger partial charge in [-0.25, -0.2) is 4.39 Å². The number of nitrogens with one attached hydrogen (secondary N) is 1. The molecule has 1 atom stereocenters. The lowest BCUT2D eigenvalue weighted by atomic mass is 10.1. The van der Waals surface area contributed by atoms with Gasteiger partial charge in [0, 0.05) is 25.7 Å². The fourth-order valence-electron chi connectivity index (χ4n) is 2.09. The number of hydrogen-bond acceptors (Lipinski definition) is 4. The molecule has 1 aromatic carbocycles. The number of nitriles is 1. The molecule has 0 bridgehead atoms. The Bertz CT molecular complexity index is 467. The van der Waals surface area contributed by atoms with E-state index in [1.165, 1.54) is 6.07 Å². The van der Waals surface area contributed by atoms with Gasteiger partial charge >= 0.3 is 0 Å². The van der Waals surface area contributed by atoms with Crippen LogP contribution in [-0.2, 0) is 9.47 Å². The second-order valence-electron chi connectivity index (χ2n) is 4.89. The lowest BCUT2D eigenvalue weighted by Gasteiger charge is -2.10. The molecule has 2 rings (SSSR count).